The van der Waals surface area contributed by atoms with Gasteiger partial charge in [-0.05, 0) is 59.7 Å². The average molecular weight is 377 g/mol. The first-order valence-electron chi connectivity index (χ1n) is 9.97. The van der Waals surface area contributed by atoms with Crippen LogP contribution >= 0.6 is 0 Å². The van der Waals surface area contributed by atoms with Crippen LogP contribution in [0, 0.1) is 0 Å². The van der Waals surface area contributed by atoms with E-state index < -0.39 is 5.97 Å². The van der Waals surface area contributed by atoms with Gasteiger partial charge in [-0.1, -0.05) is 50.6 Å². The maximum Gasteiger partial charge on any atom is 0.323 e. The predicted octanol–water partition coefficient (Wildman–Crippen LogP) is 5.33. The van der Waals surface area contributed by atoms with Gasteiger partial charge < -0.3 is 10.0 Å². The Kier molecular flexibility index (Phi) is 6.30. The van der Waals surface area contributed by atoms with Gasteiger partial charge >= 0.3 is 5.97 Å². The molecule has 0 aliphatic rings. The number of aryl methyl sites for hydroxylation is 2. The number of benzene rings is 2. The molecule has 0 spiro atoms. The third-order valence-corrected chi connectivity index (χ3v) is 5.12. The molecule has 3 rings (SSSR count). The monoisotopic (exact) mass is 376 g/mol. The molecule has 2 aromatic carbocycles. The molecule has 4 nitrogen and oxygen atoms in total. The first kappa shape index (κ1) is 19.9. The van der Waals surface area contributed by atoms with Gasteiger partial charge in [0.1, 0.15) is 12.4 Å². The molecule has 3 aromatic rings. The molecule has 0 aliphatic heterocycles. The maximum absolute atomic E-state index is 11.1. The van der Waals surface area contributed by atoms with Gasteiger partial charge in [-0.2, -0.15) is 0 Å². The predicted molar refractivity (Wildman–Crippen MR) is 116 cm³/mol. The number of unbranched alkanes of at least 4 members (excludes halogenated alkanes) is 1. The van der Waals surface area contributed by atoms with Crippen molar-refractivity contribution in [2.24, 2.45) is 0 Å². The van der Waals surface area contributed by atoms with Crippen molar-refractivity contribution in [2.75, 3.05) is 18.5 Å². The van der Waals surface area contributed by atoms with E-state index in [-0.39, 0.29) is 6.54 Å². The zero-order chi connectivity index (χ0) is 20.1. The molecule has 4 heteroatoms. The van der Waals surface area contributed by atoms with E-state index in [4.69, 9.17) is 10.1 Å². The summed E-state index contributed by atoms with van der Waals surface area (Å²) in [5.74, 6) is -0.195. The minimum Gasteiger partial charge on any atom is -0.480 e. The van der Waals surface area contributed by atoms with Crippen molar-refractivity contribution in [3.63, 3.8) is 0 Å². The summed E-state index contributed by atoms with van der Waals surface area (Å²) >= 11 is 0. The van der Waals surface area contributed by atoms with Gasteiger partial charge in [0.15, 0.2) is 0 Å². The smallest absolute Gasteiger partial charge is 0.323 e. The number of nitrogens with zero attached hydrogens (tertiary/aromatic N) is 2. The number of aromatic nitrogens is 1. The van der Waals surface area contributed by atoms with E-state index in [1.54, 1.807) is 11.9 Å². The summed E-state index contributed by atoms with van der Waals surface area (Å²) in [5, 5.41) is 10.3. The topological polar surface area (TPSA) is 53.4 Å². The highest BCUT2D eigenvalue weighted by Gasteiger charge is 2.13. The van der Waals surface area contributed by atoms with Crippen molar-refractivity contribution in [2.45, 2.75) is 39.5 Å². The van der Waals surface area contributed by atoms with Gasteiger partial charge in [0, 0.05) is 12.4 Å². The number of carboxylic acids is 1. The number of fused-ring (bicyclic) bond motifs is 1. The maximum atomic E-state index is 11.1. The molecule has 0 bridgehead atoms. The Morgan fingerprint density at radius 2 is 1.75 bits per heavy atom. The lowest BCUT2D eigenvalue weighted by molar-refractivity contribution is -0.135. The Morgan fingerprint density at radius 3 is 2.39 bits per heavy atom. The summed E-state index contributed by atoms with van der Waals surface area (Å²) in [6, 6.07) is 17.0. The summed E-state index contributed by atoms with van der Waals surface area (Å²) in [5.41, 5.74) is 5.73. The summed E-state index contributed by atoms with van der Waals surface area (Å²) < 4.78 is 0. The molecule has 146 valence electrons. The van der Waals surface area contributed by atoms with Crippen LogP contribution in [0.1, 0.15) is 37.8 Å². The normalized spacial score (nSPS) is 11.0. The molecule has 0 unspecified atom stereocenters. The number of likely N-dealkylation sites (N-methyl/N-ethyl adjacent to an activating group) is 1. The zero-order valence-corrected chi connectivity index (χ0v) is 16.9. The molecule has 0 fully saturated rings. The van der Waals surface area contributed by atoms with Gasteiger partial charge in [-0.25, -0.2) is 4.98 Å². The Hall–Kier alpha value is -2.88. The fourth-order valence-corrected chi connectivity index (χ4v) is 3.43. The SMILES string of the molecule is CCCCc1ccc2nc(N(C)CC(=O)O)cc(-c3ccc(CC)cc3)c2c1. The number of pyridine rings is 1. The van der Waals surface area contributed by atoms with Gasteiger partial charge in [-0.15, -0.1) is 0 Å². The van der Waals surface area contributed by atoms with Crippen LogP contribution in [0.25, 0.3) is 22.0 Å². The Morgan fingerprint density at radius 1 is 1.04 bits per heavy atom. The van der Waals surface area contributed by atoms with Crippen molar-refractivity contribution >= 4 is 22.7 Å². The van der Waals surface area contributed by atoms with E-state index >= 15 is 0 Å². The second kappa shape index (κ2) is 8.87. The molecule has 1 heterocycles. The molecular formula is C24H28N2O2. The molecule has 0 saturated carbocycles. The number of hydrogen-bond acceptors (Lipinski definition) is 3. The Balaban J connectivity index is 2.14. The second-order valence-corrected chi connectivity index (χ2v) is 7.28. The van der Waals surface area contributed by atoms with Crippen molar-refractivity contribution in [3.05, 3.63) is 59.7 Å². The van der Waals surface area contributed by atoms with E-state index in [2.05, 4.69) is 56.3 Å². The Bertz CT molecular complexity index is 964. The number of anilines is 1. The number of rotatable bonds is 8. The first-order valence-corrected chi connectivity index (χ1v) is 9.97. The lowest BCUT2D eigenvalue weighted by Gasteiger charge is -2.19. The second-order valence-electron chi connectivity index (χ2n) is 7.28. The standard InChI is InChI=1S/C24H28N2O2/c1-4-6-7-18-10-13-22-21(14-18)20(19-11-8-17(5-2)9-12-19)15-23(25-22)26(3)16-24(27)28/h8-15H,4-7,16H2,1-3H3,(H,27,28). The minimum atomic E-state index is -0.867. The van der Waals surface area contributed by atoms with Gasteiger partial charge in [-0.3, -0.25) is 4.79 Å². The van der Waals surface area contributed by atoms with Crippen LogP contribution in [0.5, 0.6) is 0 Å². The number of hydrogen-bond donors (Lipinski definition) is 1. The van der Waals surface area contributed by atoms with Crippen LogP contribution in [0.2, 0.25) is 0 Å². The molecule has 1 N–H and O–H groups in total. The summed E-state index contributed by atoms with van der Waals surface area (Å²) in [6.07, 6.45) is 4.39. The van der Waals surface area contributed by atoms with Gasteiger partial charge in [0.25, 0.3) is 0 Å². The molecule has 0 amide bonds. The molecule has 0 atom stereocenters. The van der Waals surface area contributed by atoms with Crippen LogP contribution in [-0.4, -0.2) is 29.7 Å². The fourth-order valence-electron chi connectivity index (χ4n) is 3.43. The first-order chi connectivity index (χ1) is 13.5. The average Bonchev–Trinajstić information content (AvgIpc) is 2.71. The third-order valence-electron chi connectivity index (χ3n) is 5.12. The van der Waals surface area contributed by atoms with E-state index in [9.17, 15) is 4.79 Å². The third kappa shape index (κ3) is 4.50. The lowest BCUT2D eigenvalue weighted by atomic mass is 9.97. The highest BCUT2D eigenvalue weighted by Crippen LogP contribution is 2.32. The van der Waals surface area contributed by atoms with Crippen molar-refractivity contribution in [3.8, 4) is 11.1 Å². The highest BCUT2D eigenvalue weighted by molar-refractivity contribution is 5.96. The zero-order valence-electron chi connectivity index (χ0n) is 16.9. The number of carboxylic acid groups (broad SMARTS) is 1. The molecule has 28 heavy (non-hydrogen) atoms. The van der Waals surface area contributed by atoms with Crippen LogP contribution < -0.4 is 4.90 Å². The molecule has 0 radical (unpaired) electrons. The largest absolute Gasteiger partial charge is 0.480 e. The van der Waals surface area contributed by atoms with Crippen molar-refractivity contribution in [1.82, 2.24) is 4.98 Å². The summed E-state index contributed by atoms with van der Waals surface area (Å²) in [6.45, 7) is 4.27. The fraction of sp³-hybridized carbons (Fsp3) is 0.333. The van der Waals surface area contributed by atoms with Gasteiger partial charge in [0.2, 0.25) is 0 Å². The molecular weight excluding hydrogens is 348 g/mol. The van der Waals surface area contributed by atoms with Crippen LogP contribution in [-0.2, 0) is 17.6 Å². The number of carbonyl (C=O) groups is 1. The number of aliphatic carboxylic acids is 1. The summed E-state index contributed by atoms with van der Waals surface area (Å²) in [4.78, 5) is 17.6. The van der Waals surface area contributed by atoms with E-state index in [1.165, 1.54) is 24.0 Å². The molecule has 0 aliphatic carbocycles. The van der Waals surface area contributed by atoms with Crippen molar-refractivity contribution < 1.29 is 9.90 Å². The van der Waals surface area contributed by atoms with E-state index in [0.717, 1.165) is 34.9 Å². The van der Waals surface area contributed by atoms with Gasteiger partial charge in [0.05, 0.1) is 5.52 Å². The van der Waals surface area contributed by atoms with Crippen molar-refractivity contribution in [1.29, 1.82) is 0 Å². The van der Waals surface area contributed by atoms with Crippen LogP contribution in [0.15, 0.2) is 48.5 Å². The highest BCUT2D eigenvalue weighted by atomic mass is 16.4. The van der Waals surface area contributed by atoms with E-state index in [1.807, 2.05) is 6.07 Å². The summed E-state index contributed by atoms with van der Waals surface area (Å²) in [7, 11) is 1.77. The Labute approximate surface area is 166 Å². The molecule has 1 aromatic heterocycles. The minimum absolute atomic E-state index is 0.0820. The quantitative estimate of drug-likeness (QED) is 0.577. The van der Waals surface area contributed by atoms with Crippen LogP contribution in [0.3, 0.4) is 0 Å². The molecule has 0 saturated heterocycles. The lowest BCUT2D eigenvalue weighted by Crippen LogP contribution is -2.26. The van der Waals surface area contributed by atoms with Crippen LogP contribution in [0.4, 0.5) is 5.82 Å². The van der Waals surface area contributed by atoms with E-state index in [0.29, 0.717) is 5.82 Å².